The standard InChI is InChI=1S/C23H18ClN3O4S/c1-31-20-10-11-21-16(12-20)13-22(28)26(18-8-4-17(24)5-9-18)23(25-21)32-14-15-2-6-19(7-3-15)27(29)30/h2-12H,13-14H2,1H3. The number of methoxy groups -OCH3 is 1. The number of ether oxygens (including phenoxy) is 1. The molecule has 0 N–H and O–H groups in total. The Balaban J connectivity index is 1.69. The second kappa shape index (κ2) is 9.42. The first-order chi connectivity index (χ1) is 15.4. The number of benzene rings is 3. The van der Waals surface area contributed by atoms with Crippen molar-refractivity contribution >= 4 is 51.5 Å². The maximum atomic E-state index is 13.3. The number of carbonyl (C=O) groups is 1. The van der Waals surface area contributed by atoms with Gasteiger partial charge >= 0.3 is 0 Å². The Morgan fingerprint density at radius 3 is 2.50 bits per heavy atom. The number of aliphatic imine (C=N–C) groups is 1. The van der Waals surface area contributed by atoms with Gasteiger partial charge < -0.3 is 4.74 Å². The van der Waals surface area contributed by atoms with Gasteiger partial charge in [-0.3, -0.25) is 19.8 Å². The number of amidine groups is 1. The van der Waals surface area contributed by atoms with Crippen molar-refractivity contribution in [1.82, 2.24) is 0 Å². The predicted molar refractivity (Wildman–Crippen MR) is 127 cm³/mol. The van der Waals surface area contributed by atoms with Crippen molar-refractivity contribution in [2.75, 3.05) is 12.0 Å². The number of nitro benzene ring substituents is 1. The Labute approximate surface area is 193 Å². The summed E-state index contributed by atoms with van der Waals surface area (Å²) < 4.78 is 5.30. The Morgan fingerprint density at radius 1 is 1.12 bits per heavy atom. The molecule has 1 aliphatic heterocycles. The molecule has 0 aromatic heterocycles. The third-order valence-electron chi connectivity index (χ3n) is 4.89. The molecule has 0 saturated heterocycles. The zero-order chi connectivity index (χ0) is 22.7. The third kappa shape index (κ3) is 4.76. The summed E-state index contributed by atoms with van der Waals surface area (Å²) >= 11 is 7.42. The number of rotatable bonds is 5. The molecule has 9 heteroatoms. The van der Waals surface area contributed by atoms with Crippen LogP contribution in [0.1, 0.15) is 11.1 Å². The molecule has 0 fully saturated rings. The lowest BCUT2D eigenvalue weighted by molar-refractivity contribution is -0.384. The molecule has 3 aromatic carbocycles. The van der Waals surface area contributed by atoms with Gasteiger partial charge in [-0.2, -0.15) is 0 Å². The molecule has 7 nitrogen and oxygen atoms in total. The molecule has 0 unspecified atom stereocenters. The molecule has 0 radical (unpaired) electrons. The van der Waals surface area contributed by atoms with Crippen molar-refractivity contribution in [2.45, 2.75) is 12.2 Å². The van der Waals surface area contributed by atoms with Crippen LogP contribution in [0.2, 0.25) is 5.02 Å². The number of halogens is 1. The molecular formula is C23H18ClN3O4S. The van der Waals surface area contributed by atoms with Gasteiger partial charge in [-0.05, 0) is 53.6 Å². The molecule has 0 spiro atoms. The first kappa shape index (κ1) is 21.9. The van der Waals surface area contributed by atoms with Crippen LogP contribution in [0.15, 0.2) is 71.7 Å². The summed E-state index contributed by atoms with van der Waals surface area (Å²) in [7, 11) is 1.58. The van der Waals surface area contributed by atoms with Crippen molar-refractivity contribution in [3.8, 4) is 5.75 Å². The number of hydrogen-bond donors (Lipinski definition) is 0. The van der Waals surface area contributed by atoms with Crippen LogP contribution < -0.4 is 9.64 Å². The van der Waals surface area contributed by atoms with E-state index in [2.05, 4.69) is 0 Å². The highest BCUT2D eigenvalue weighted by atomic mass is 35.5. The number of anilines is 1. The summed E-state index contributed by atoms with van der Waals surface area (Å²) in [5, 5.41) is 12.0. The molecule has 1 heterocycles. The number of nitro groups is 1. The van der Waals surface area contributed by atoms with Crippen LogP contribution in [0.5, 0.6) is 5.75 Å². The summed E-state index contributed by atoms with van der Waals surface area (Å²) in [6, 6.07) is 18.8. The van der Waals surface area contributed by atoms with Crippen LogP contribution in [-0.2, 0) is 17.0 Å². The fourth-order valence-electron chi connectivity index (χ4n) is 3.24. The number of fused-ring (bicyclic) bond motifs is 1. The topological polar surface area (TPSA) is 85.0 Å². The predicted octanol–water partition coefficient (Wildman–Crippen LogP) is 5.77. The molecule has 162 valence electrons. The number of hydrogen-bond acceptors (Lipinski definition) is 6. The number of carbonyl (C=O) groups excluding carboxylic acids is 1. The highest BCUT2D eigenvalue weighted by Crippen LogP contribution is 2.33. The molecule has 0 atom stereocenters. The third-order valence-corrected chi connectivity index (χ3v) is 6.15. The van der Waals surface area contributed by atoms with Gasteiger partial charge in [0.1, 0.15) is 5.75 Å². The van der Waals surface area contributed by atoms with E-state index in [4.69, 9.17) is 21.3 Å². The van der Waals surface area contributed by atoms with E-state index in [0.29, 0.717) is 33.1 Å². The van der Waals surface area contributed by atoms with Crippen molar-refractivity contribution in [3.05, 3.63) is 93.0 Å². The molecular weight excluding hydrogens is 450 g/mol. The van der Waals surface area contributed by atoms with Gasteiger partial charge in [0.25, 0.3) is 5.69 Å². The van der Waals surface area contributed by atoms with Gasteiger partial charge in [0.2, 0.25) is 5.91 Å². The van der Waals surface area contributed by atoms with E-state index in [-0.39, 0.29) is 18.0 Å². The Morgan fingerprint density at radius 2 is 1.84 bits per heavy atom. The lowest BCUT2D eigenvalue weighted by Crippen LogP contribution is -2.35. The molecule has 4 rings (SSSR count). The van der Waals surface area contributed by atoms with Gasteiger partial charge in [0.05, 0.1) is 29.8 Å². The molecule has 0 saturated carbocycles. The average Bonchev–Trinajstić information content (AvgIpc) is 2.93. The lowest BCUT2D eigenvalue weighted by Gasteiger charge is -2.22. The van der Waals surface area contributed by atoms with E-state index in [1.54, 1.807) is 48.4 Å². The number of nitrogens with zero attached hydrogens (tertiary/aromatic N) is 3. The van der Waals surface area contributed by atoms with Crippen LogP contribution in [0.3, 0.4) is 0 Å². The molecule has 1 aliphatic rings. The Kier molecular flexibility index (Phi) is 6.43. The van der Waals surface area contributed by atoms with Crippen molar-refractivity contribution in [2.24, 2.45) is 4.99 Å². The lowest BCUT2D eigenvalue weighted by atomic mass is 10.1. The Bertz CT molecular complexity index is 1200. The quantitative estimate of drug-likeness (QED) is 0.351. The molecule has 0 bridgehead atoms. The highest BCUT2D eigenvalue weighted by Gasteiger charge is 2.27. The van der Waals surface area contributed by atoms with E-state index >= 15 is 0 Å². The molecule has 3 aromatic rings. The largest absolute Gasteiger partial charge is 0.497 e. The van der Waals surface area contributed by atoms with Gasteiger partial charge in [-0.15, -0.1) is 0 Å². The van der Waals surface area contributed by atoms with Crippen molar-refractivity contribution in [3.63, 3.8) is 0 Å². The highest BCUT2D eigenvalue weighted by molar-refractivity contribution is 8.13. The summed E-state index contributed by atoms with van der Waals surface area (Å²) in [5.74, 6) is 1.01. The minimum absolute atomic E-state index is 0.0337. The van der Waals surface area contributed by atoms with E-state index in [9.17, 15) is 14.9 Å². The van der Waals surface area contributed by atoms with E-state index in [0.717, 1.165) is 11.1 Å². The minimum Gasteiger partial charge on any atom is -0.497 e. The zero-order valence-corrected chi connectivity index (χ0v) is 18.6. The monoisotopic (exact) mass is 467 g/mol. The maximum absolute atomic E-state index is 13.3. The SMILES string of the molecule is COc1ccc2c(c1)CC(=O)N(c1ccc(Cl)cc1)C(SCc1ccc([N+](=O)[O-])cc1)=N2. The molecule has 32 heavy (non-hydrogen) atoms. The zero-order valence-electron chi connectivity index (χ0n) is 17.0. The first-order valence-corrected chi connectivity index (χ1v) is 11.0. The fraction of sp³-hybridized carbons (Fsp3) is 0.130. The smallest absolute Gasteiger partial charge is 0.269 e. The summed E-state index contributed by atoms with van der Waals surface area (Å²) in [5.41, 5.74) is 3.05. The number of thioether (sulfide) groups is 1. The van der Waals surface area contributed by atoms with Crippen LogP contribution in [0.4, 0.5) is 17.1 Å². The number of non-ortho nitro benzene ring substituents is 1. The van der Waals surface area contributed by atoms with Crippen molar-refractivity contribution in [1.29, 1.82) is 0 Å². The van der Waals surface area contributed by atoms with Crippen molar-refractivity contribution < 1.29 is 14.5 Å². The Hall–Kier alpha value is -3.36. The number of amides is 1. The van der Waals surface area contributed by atoms with Gasteiger partial charge in [-0.1, -0.05) is 35.5 Å². The average molecular weight is 468 g/mol. The van der Waals surface area contributed by atoms with E-state index in [1.165, 1.54) is 23.9 Å². The minimum atomic E-state index is -0.432. The van der Waals surface area contributed by atoms with Gasteiger partial charge in [0, 0.05) is 22.9 Å². The summed E-state index contributed by atoms with van der Waals surface area (Å²) in [6.45, 7) is 0. The summed E-state index contributed by atoms with van der Waals surface area (Å²) in [4.78, 5) is 30.1. The van der Waals surface area contributed by atoms with Crippen LogP contribution >= 0.6 is 23.4 Å². The molecule has 1 amide bonds. The van der Waals surface area contributed by atoms with Crippen LogP contribution in [-0.4, -0.2) is 23.1 Å². The second-order valence-electron chi connectivity index (χ2n) is 6.98. The fourth-order valence-corrected chi connectivity index (χ4v) is 4.36. The van der Waals surface area contributed by atoms with Gasteiger partial charge in [0.15, 0.2) is 5.17 Å². The second-order valence-corrected chi connectivity index (χ2v) is 8.36. The van der Waals surface area contributed by atoms with E-state index < -0.39 is 4.92 Å². The van der Waals surface area contributed by atoms with E-state index in [1.807, 2.05) is 18.2 Å². The summed E-state index contributed by atoms with van der Waals surface area (Å²) in [6.07, 6.45) is 0.167. The molecule has 0 aliphatic carbocycles. The van der Waals surface area contributed by atoms with Crippen LogP contribution in [0, 0.1) is 10.1 Å². The van der Waals surface area contributed by atoms with Gasteiger partial charge in [-0.25, -0.2) is 4.99 Å². The van der Waals surface area contributed by atoms with Crippen LogP contribution in [0.25, 0.3) is 0 Å². The first-order valence-electron chi connectivity index (χ1n) is 9.65. The maximum Gasteiger partial charge on any atom is 0.269 e. The normalized spacial score (nSPS) is 13.2.